The van der Waals surface area contributed by atoms with Crippen molar-refractivity contribution in [3.63, 3.8) is 0 Å². The summed E-state index contributed by atoms with van der Waals surface area (Å²) in [6.45, 7) is 1.77. The van der Waals surface area contributed by atoms with Crippen molar-refractivity contribution in [2.45, 2.75) is 19.1 Å². The summed E-state index contributed by atoms with van der Waals surface area (Å²) in [5.41, 5.74) is 1.80. The molecular weight excluding hydrogens is 558 g/mol. The van der Waals surface area contributed by atoms with Gasteiger partial charge in [-0.1, -0.05) is 24.3 Å². The number of para-hydroxylation sites is 1. The molecule has 0 aliphatic rings. The molecule has 41 heavy (non-hydrogen) atoms. The summed E-state index contributed by atoms with van der Waals surface area (Å²) in [4.78, 5) is 12.8. The van der Waals surface area contributed by atoms with Gasteiger partial charge in [0.05, 0.1) is 45.4 Å². The zero-order valence-electron chi connectivity index (χ0n) is 23.6. The third-order valence-corrected chi connectivity index (χ3v) is 7.48. The van der Waals surface area contributed by atoms with Gasteiger partial charge in [0.25, 0.3) is 0 Å². The SMILES string of the molecule is COc1cc(OC)c(C=CS(=O)(=O)Cc2ccc(OC)c(N(C(=O)C(F)F)N(C)c3ccccc3C)c2)c(OC)c1. The lowest BCUT2D eigenvalue weighted by molar-refractivity contribution is -0.129. The van der Waals surface area contributed by atoms with Crippen molar-refractivity contribution in [3.05, 3.63) is 76.7 Å². The fourth-order valence-electron chi connectivity index (χ4n) is 4.19. The third-order valence-electron chi connectivity index (χ3n) is 6.19. The van der Waals surface area contributed by atoms with E-state index in [0.717, 1.165) is 16.0 Å². The first-order valence-electron chi connectivity index (χ1n) is 12.3. The molecule has 0 saturated carbocycles. The number of halogens is 2. The van der Waals surface area contributed by atoms with Gasteiger partial charge in [0, 0.05) is 24.6 Å². The van der Waals surface area contributed by atoms with Gasteiger partial charge in [-0.3, -0.25) is 9.80 Å². The van der Waals surface area contributed by atoms with Crippen LogP contribution in [0, 0.1) is 6.92 Å². The fraction of sp³-hybridized carbons (Fsp3) is 0.276. The van der Waals surface area contributed by atoms with Crippen LogP contribution in [0.5, 0.6) is 23.0 Å². The van der Waals surface area contributed by atoms with E-state index in [4.69, 9.17) is 18.9 Å². The summed E-state index contributed by atoms with van der Waals surface area (Å²) in [7, 11) is 3.22. The van der Waals surface area contributed by atoms with E-state index >= 15 is 0 Å². The number of benzene rings is 3. The summed E-state index contributed by atoms with van der Waals surface area (Å²) in [5, 5.41) is 3.07. The van der Waals surface area contributed by atoms with Crippen LogP contribution >= 0.6 is 0 Å². The Bertz CT molecular complexity index is 1500. The van der Waals surface area contributed by atoms with Crippen LogP contribution in [-0.2, 0) is 20.4 Å². The molecule has 0 N–H and O–H groups in total. The highest BCUT2D eigenvalue weighted by atomic mass is 32.2. The van der Waals surface area contributed by atoms with E-state index in [1.54, 1.807) is 43.3 Å². The molecule has 220 valence electrons. The number of hydrogen-bond acceptors (Lipinski definition) is 8. The van der Waals surface area contributed by atoms with Crippen LogP contribution in [-0.4, -0.2) is 56.2 Å². The maximum absolute atomic E-state index is 13.8. The number of amides is 1. The summed E-state index contributed by atoms with van der Waals surface area (Å²) in [5.74, 6) is -0.773. The largest absolute Gasteiger partial charge is 0.496 e. The van der Waals surface area contributed by atoms with Crippen LogP contribution in [0.15, 0.2) is 60.0 Å². The first-order chi connectivity index (χ1) is 19.5. The minimum absolute atomic E-state index is 0.0428. The molecule has 0 atom stereocenters. The molecule has 1 amide bonds. The van der Waals surface area contributed by atoms with Gasteiger partial charge in [0.2, 0.25) is 0 Å². The Morgan fingerprint density at radius 1 is 0.878 bits per heavy atom. The number of methoxy groups -OCH3 is 4. The highest BCUT2D eigenvalue weighted by molar-refractivity contribution is 7.93. The average Bonchev–Trinajstić information content (AvgIpc) is 2.95. The molecule has 0 unspecified atom stereocenters. The summed E-state index contributed by atoms with van der Waals surface area (Å²) < 4.78 is 75.2. The standard InChI is InChI=1S/C29H32F2N2O7S/c1-19-9-7-8-10-23(19)32(2)33(29(34)28(30)31)24-15-20(11-12-25(24)38-4)18-41(35,36)14-13-22-26(39-5)16-21(37-3)17-27(22)40-6/h7-17,28H,18H2,1-6H3. The van der Waals surface area contributed by atoms with Gasteiger partial charge in [-0.15, -0.1) is 0 Å². The van der Waals surface area contributed by atoms with E-state index in [-0.39, 0.29) is 17.0 Å². The maximum Gasteiger partial charge on any atom is 0.317 e. The first-order valence-corrected chi connectivity index (χ1v) is 14.0. The number of anilines is 2. The number of nitrogens with zero attached hydrogens (tertiary/aromatic N) is 2. The minimum atomic E-state index is -3.91. The quantitative estimate of drug-likeness (QED) is 0.264. The lowest BCUT2D eigenvalue weighted by Gasteiger charge is -2.35. The molecule has 9 nitrogen and oxygen atoms in total. The number of hydrogen-bond donors (Lipinski definition) is 0. The molecule has 0 bridgehead atoms. The molecule has 12 heteroatoms. The van der Waals surface area contributed by atoms with Crippen molar-refractivity contribution in [2.75, 3.05) is 45.5 Å². The Hall–Kier alpha value is -4.32. The van der Waals surface area contributed by atoms with Crippen molar-refractivity contribution < 1.29 is 40.9 Å². The van der Waals surface area contributed by atoms with Crippen LogP contribution in [0.1, 0.15) is 16.7 Å². The Balaban J connectivity index is 2.03. The second kappa shape index (κ2) is 13.4. The van der Waals surface area contributed by atoms with E-state index in [9.17, 15) is 22.0 Å². The number of carbonyl (C=O) groups is 1. The van der Waals surface area contributed by atoms with Crippen molar-refractivity contribution in [1.82, 2.24) is 0 Å². The second-order valence-electron chi connectivity index (χ2n) is 8.82. The maximum atomic E-state index is 13.8. The molecule has 3 rings (SSSR count). The number of hydrazine groups is 1. The summed E-state index contributed by atoms with van der Waals surface area (Å²) >= 11 is 0. The molecule has 0 heterocycles. The predicted molar refractivity (Wildman–Crippen MR) is 154 cm³/mol. The molecule has 3 aromatic carbocycles. The second-order valence-corrected chi connectivity index (χ2v) is 10.7. The Labute approximate surface area is 238 Å². The van der Waals surface area contributed by atoms with Crippen LogP contribution in [0.2, 0.25) is 0 Å². The number of sulfone groups is 1. The number of rotatable bonds is 12. The average molecular weight is 591 g/mol. The highest BCUT2D eigenvalue weighted by Gasteiger charge is 2.31. The van der Waals surface area contributed by atoms with E-state index in [1.807, 2.05) is 0 Å². The monoisotopic (exact) mass is 590 g/mol. The normalized spacial score (nSPS) is 11.4. The molecule has 3 aromatic rings. The number of ether oxygens (including phenoxy) is 4. The van der Waals surface area contributed by atoms with E-state index in [1.165, 1.54) is 64.8 Å². The van der Waals surface area contributed by atoms with Crippen LogP contribution < -0.4 is 29.0 Å². The van der Waals surface area contributed by atoms with Crippen molar-refractivity contribution >= 4 is 33.2 Å². The van der Waals surface area contributed by atoms with Crippen molar-refractivity contribution in [1.29, 1.82) is 0 Å². The van der Waals surface area contributed by atoms with Gasteiger partial charge in [-0.2, -0.15) is 8.78 Å². The molecular formula is C29H32F2N2O7S. The van der Waals surface area contributed by atoms with Gasteiger partial charge in [-0.05, 0) is 42.3 Å². The highest BCUT2D eigenvalue weighted by Crippen LogP contribution is 2.36. The molecule has 0 aromatic heterocycles. The van der Waals surface area contributed by atoms with Crippen molar-refractivity contribution in [2.24, 2.45) is 0 Å². The smallest absolute Gasteiger partial charge is 0.317 e. The van der Waals surface area contributed by atoms with Gasteiger partial charge in [0.1, 0.15) is 28.7 Å². The zero-order valence-corrected chi connectivity index (χ0v) is 24.4. The molecule has 0 radical (unpaired) electrons. The van der Waals surface area contributed by atoms with Gasteiger partial charge >= 0.3 is 12.3 Å². The van der Waals surface area contributed by atoms with Gasteiger partial charge in [-0.25, -0.2) is 13.4 Å². The Morgan fingerprint density at radius 2 is 1.49 bits per heavy atom. The Morgan fingerprint density at radius 3 is 2.02 bits per heavy atom. The lowest BCUT2D eigenvalue weighted by atomic mass is 10.1. The van der Waals surface area contributed by atoms with E-state index in [2.05, 4.69) is 0 Å². The predicted octanol–water partition coefficient (Wildman–Crippen LogP) is 5.26. The minimum Gasteiger partial charge on any atom is -0.496 e. The fourth-order valence-corrected chi connectivity index (χ4v) is 5.28. The zero-order chi connectivity index (χ0) is 30.3. The molecule has 0 aliphatic heterocycles. The van der Waals surface area contributed by atoms with Gasteiger partial charge in [0.15, 0.2) is 9.84 Å². The molecule has 0 spiro atoms. The Kier molecular flexibility index (Phi) is 10.2. The summed E-state index contributed by atoms with van der Waals surface area (Å²) in [6.07, 6.45) is -1.99. The van der Waals surface area contributed by atoms with Crippen LogP contribution in [0.3, 0.4) is 0 Å². The number of aryl methyl sites for hydroxylation is 1. The summed E-state index contributed by atoms with van der Waals surface area (Å²) in [6, 6.07) is 14.4. The van der Waals surface area contributed by atoms with E-state index < -0.39 is 27.9 Å². The number of alkyl halides is 2. The van der Waals surface area contributed by atoms with Crippen molar-refractivity contribution in [3.8, 4) is 23.0 Å². The van der Waals surface area contributed by atoms with E-state index in [0.29, 0.717) is 28.5 Å². The third kappa shape index (κ3) is 7.26. The lowest BCUT2D eigenvalue weighted by Crippen LogP contribution is -2.48. The topological polar surface area (TPSA) is 94.6 Å². The first kappa shape index (κ1) is 31.2. The molecule has 0 saturated heterocycles. The van der Waals surface area contributed by atoms with Crippen LogP contribution in [0.25, 0.3) is 6.08 Å². The van der Waals surface area contributed by atoms with Crippen LogP contribution in [0.4, 0.5) is 20.2 Å². The van der Waals surface area contributed by atoms with Gasteiger partial charge < -0.3 is 18.9 Å². The molecule has 0 aliphatic carbocycles. The molecule has 0 fully saturated rings. The number of carbonyl (C=O) groups excluding carboxylic acids is 1.